The van der Waals surface area contributed by atoms with E-state index in [1.165, 1.54) is 30.7 Å². The first-order valence-electron chi connectivity index (χ1n) is 9.08. The SMILES string of the molecule is CC(OC(=O)c1cccc(OC(F)F)c1)C(=O)NC1CCCc2ccccc21. The number of ether oxygens (including phenoxy) is 2. The van der Waals surface area contributed by atoms with Gasteiger partial charge in [0.2, 0.25) is 0 Å². The summed E-state index contributed by atoms with van der Waals surface area (Å²) >= 11 is 0. The molecule has 1 aliphatic carbocycles. The molecule has 28 heavy (non-hydrogen) atoms. The first-order valence-corrected chi connectivity index (χ1v) is 9.08. The van der Waals surface area contributed by atoms with Crippen LogP contribution < -0.4 is 10.1 Å². The van der Waals surface area contributed by atoms with Gasteiger partial charge >= 0.3 is 12.6 Å². The number of rotatable bonds is 6. The summed E-state index contributed by atoms with van der Waals surface area (Å²) in [5, 5.41) is 2.93. The van der Waals surface area contributed by atoms with E-state index in [0.717, 1.165) is 30.9 Å². The second kappa shape index (κ2) is 8.82. The zero-order valence-electron chi connectivity index (χ0n) is 15.4. The van der Waals surface area contributed by atoms with E-state index in [4.69, 9.17) is 4.74 Å². The Bertz CT molecular complexity index is 856. The number of benzene rings is 2. The number of esters is 1. The van der Waals surface area contributed by atoms with E-state index in [1.807, 2.05) is 24.3 Å². The third-order valence-corrected chi connectivity index (χ3v) is 4.63. The van der Waals surface area contributed by atoms with Gasteiger partial charge in [0.05, 0.1) is 11.6 Å². The van der Waals surface area contributed by atoms with Crippen LogP contribution in [0, 0.1) is 0 Å². The maximum Gasteiger partial charge on any atom is 0.387 e. The summed E-state index contributed by atoms with van der Waals surface area (Å²) in [6.45, 7) is -1.52. The fourth-order valence-corrected chi connectivity index (χ4v) is 3.27. The van der Waals surface area contributed by atoms with Crippen molar-refractivity contribution in [3.05, 3.63) is 65.2 Å². The molecule has 0 radical (unpaired) electrons. The molecule has 2 aromatic rings. The molecule has 148 valence electrons. The van der Waals surface area contributed by atoms with Crippen LogP contribution in [0.1, 0.15) is 47.3 Å². The molecule has 0 fully saturated rings. The molecule has 5 nitrogen and oxygen atoms in total. The lowest BCUT2D eigenvalue weighted by molar-refractivity contribution is -0.130. The predicted molar refractivity (Wildman–Crippen MR) is 98.2 cm³/mol. The smallest absolute Gasteiger partial charge is 0.387 e. The molecule has 0 heterocycles. The minimum atomic E-state index is -2.99. The largest absolute Gasteiger partial charge is 0.449 e. The monoisotopic (exact) mass is 389 g/mol. The van der Waals surface area contributed by atoms with Gasteiger partial charge in [0.25, 0.3) is 5.91 Å². The number of nitrogens with one attached hydrogen (secondary N) is 1. The van der Waals surface area contributed by atoms with Crippen molar-refractivity contribution in [3.8, 4) is 5.75 Å². The van der Waals surface area contributed by atoms with E-state index in [9.17, 15) is 18.4 Å². The van der Waals surface area contributed by atoms with Crippen molar-refractivity contribution in [1.29, 1.82) is 0 Å². The van der Waals surface area contributed by atoms with Gasteiger partial charge in [-0.05, 0) is 55.5 Å². The van der Waals surface area contributed by atoms with Crippen LogP contribution >= 0.6 is 0 Å². The lowest BCUT2D eigenvalue weighted by Gasteiger charge is -2.27. The zero-order valence-corrected chi connectivity index (χ0v) is 15.4. The molecular weight excluding hydrogens is 368 g/mol. The number of aryl methyl sites for hydroxylation is 1. The number of alkyl halides is 2. The average molecular weight is 389 g/mol. The predicted octanol–water partition coefficient (Wildman–Crippen LogP) is 4.03. The minimum Gasteiger partial charge on any atom is -0.449 e. The van der Waals surface area contributed by atoms with Gasteiger partial charge in [-0.3, -0.25) is 4.79 Å². The normalized spacial score (nSPS) is 16.8. The number of fused-ring (bicyclic) bond motifs is 1. The molecule has 0 saturated heterocycles. The summed E-state index contributed by atoms with van der Waals surface area (Å²) < 4.78 is 34.1. The quantitative estimate of drug-likeness (QED) is 0.758. The highest BCUT2D eigenvalue weighted by Gasteiger charge is 2.25. The van der Waals surface area contributed by atoms with Crippen LogP contribution in [-0.4, -0.2) is 24.6 Å². The number of carbonyl (C=O) groups excluding carboxylic acids is 2. The van der Waals surface area contributed by atoms with Crippen molar-refractivity contribution in [2.24, 2.45) is 0 Å². The van der Waals surface area contributed by atoms with E-state index < -0.39 is 24.6 Å². The molecule has 0 aromatic heterocycles. The first kappa shape index (κ1) is 19.8. The Morgan fingerprint density at radius 1 is 1.14 bits per heavy atom. The fraction of sp³-hybridized carbons (Fsp3) is 0.333. The summed E-state index contributed by atoms with van der Waals surface area (Å²) in [6, 6.07) is 13.1. The van der Waals surface area contributed by atoms with E-state index in [0.29, 0.717) is 0 Å². The molecule has 0 bridgehead atoms. The fourth-order valence-electron chi connectivity index (χ4n) is 3.27. The second-order valence-corrected chi connectivity index (χ2v) is 6.61. The van der Waals surface area contributed by atoms with Gasteiger partial charge in [-0.1, -0.05) is 30.3 Å². The molecular formula is C21H21F2NO4. The molecule has 0 saturated carbocycles. The van der Waals surface area contributed by atoms with Crippen molar-refractivity contribution >= 4 is 11.9 Å². The van der Waals surface area contributed by atoms with Crippen LogP contribution in [0.3, 0.4) is 0 Å². The topological polar surface area (TPSA) is 64.6 Å². The third kappa shape index (κ3) is 4.85. The maximum absolute atomic E-state index is 12.5. The standard InChI is InChI=1S/C21H21F2NO4/c1-13(27-20(26)15-8-4-9-16(12-15)28-21(22)23)19(25)24-18-11-5-7-14-6-2-3-10-17(14)18/h2-4,6,8-10,12-13,18,21H,5,7,11H2,1H3,(H,24,25). The van der Waals surface area contributed by atoms with E-state index >= 15 is 0 Å². The van der Waals surface area contributed by atoms with Gasteiger partial charge in [0.15, 0.2) is 6.10 Å². The Balaban J connectivity index is 1.61. The number of hydrogen-bond acceptors (Lipinski definition) is 4. The summed E-state index contributed by atoms with van der Waals surface area (Å²) in [6.07, 6.45) is 1.73. The molecule has 1 aliphatic rings. The lowest BCUT2D eigenvalue weighted by Crippen LogP contribution is -2.39. The number of halogens is 2. The zero-order chi connectivity index (χ0) is 20.1. The minimum absolute atomic E-state index is 0.0285. The second-order valence-electron chi connectivity index (χ2n) is 6.61. The first-order chi connectivity index (χ1) is 13.4. The molecule has 1 N–H and O–H groups in total. The molecule has 2 atom stereocenters. The molecule has 0 aliphatic heterocycles. The lowest BCUT2D eigenvalue weighted by atomic mass is 9.87. The highest BCUT2D eigenvalue weighted by atomic mass is 19.3. The summed E-state index contributed by atoms with van der Waals surface area (Å²) in [4.78, 5) is 24.7. The number of amides is 1. The van der Waals surface area contributed by atoms with Crippen molar-refractivity contribution in [2.45, 2.75) is 44.9 Å². The molecule has 3 rings (SSSR count). The third-order valence-electron chi connectivity index (χ3n) is 4.63. The van der Waals surface area contributed by atoms with Gasteiger partial charge < -0.3 is 14.8 Å². The Morgan fingerprint density at radius 3 is 2.71 bits per heavy atom. The summed E-state index contributed by atoms with van der Waals surface area (Å²) in [7, 11) is 0. The van der Waals surface area contributed by atoms with Gasteiger partial charge in [-0.25, -0.2) is 4.79 Å². The van der Waals surface area contributed by atoms with Crippen LogP contribution in [-0.2, 0) is 16.0 Å². The van der Waals surface area contributed by atoms with Crippen molar-refractivity contribution in [1.82, 2.24) is 5.32 Å². The highest BCUT2D eigenvalue weighted by Crippen LogP contribution is 2.29. The maximum atomic E-state index is 12.5. The van der Waals surface area contributed by atoms with Gasteiger partial charge in [-0.2, -0.15) is 8.78 Å². The molecule has 2 aromatic carbocycles. The Hall–Kier alpha value is -2.96. The van der Waals surface area contributed by atoms with Crippen molar-refractivity contribution in [3.63, 3.8) is 0 Å². The average Bonchev–Trinajstić information content (AvgIpc) is 2.68. The van der Waals surface area contributed by atoms with Gasteiger partial charge in [-0.15, -0.1) is 0 Å². The number of hydrogen-bond donors (Lipinski definition) is 1. The molecule has 1 amide bonds. The van der Waals surface area contributed by atoms with Crippen LogP contribution in [0.5, 0.6) is 5.75 Å². The summed E-state index contributed by atoms with van der Waals surface area (Å²) in [5.74, 6) is -1.35. The summed E-state index contributed by atoms with van der Waals surface area (Å²) in [5.41, 5.74) is 2.32. The van der Waals surface area contributed by atoms with E-state index in [-0.39, 0.29) is 17.4 Å². The Kier molecular flexibility index (Phi) is 6.23. The van der Waals surface area contributed by atoms with Gasteiger partial charge in [0, 0.05) is 0 Å². The molecule has 2 unspecified atom stereocenters. The Morgan fingerprint density at radius 2 is 1.93 bits per heavy atom. The molecule has 7 heteroatoms. The molecule has 0 spiro atoms. The van der Waals surface area contributed by atoms with Crippen LogP contribution in [0.25, 0.3) is 0 Å². The highest BCUT2D eigenvalue weighted by molar-refractivity contribution is 5.92. The van der Waals surface area contributed by atoms with Crippen LogP contribution in [0.2, 0.25) is 0 Å². The van der Waals surface area contributed by atoms with Crippen LogP contribution in [0.15, 0.2) is 48.5 Å². The Labute approximate surface area is 161 Å². The van der Waals surface area contributed by atoms with Gasteiger partial charge in [0.1, 0.15) is 5.75 Å². The van der Waals surface area contributed by atoms with Crippen molar-refractivity contribution in [2.75, 3.05) is 0 Å². The van der Waals surface area contributed by atoms with E-state index in [2.05, 4.69) is 10.1 Å². The van der Waals surface area contributed by atoms with Crippen LogP contribution in [0.4, 0.5) is 8.78 Å². The van der Waals surface area contributed by atoms with E-state index in [1.54, 1.807) is 0 Å². The van der Waals surface area contributed by atoms with Crippen molar-refractivity contribution < 1.29 is 27.8 Å². The number of carbonyl (C=O) groups is 2.